The number of likely N-dealkylation sites (N-methyl/N-ethyl adjacent to an activating group) is 2. The molecule has 0 amide bonds. The maximum absolute atomic E-state index is 14.3. The Kier molecular flexibility index (Phi) is 14.9. The molecule has 0 unspecified atom stereocenters. The molecule has 0 aliphatic carbocycles. The molecule has 51 heavy (non-hydrogen) atoms. The van der Waals surface area contributed by atoms with Gasteiger partial charge in [-0.3, -0.25) is 24.4 Å². The molecule has 1 aromatic rings. The Labute approximate surface area is 307 Å². The number of methoxy groups -OCH3 is 1. The molecule has 0 bridgehead atoms. The molecule has 12 heteroatoms. The number of Topliss-reactive ketones (excluding diaryl/α,β-unsaturated/α-hetero) is 1. The fourth-order valence-corrected chi connectivity index (χ4v) is 8.46. The van der Waals surface area contributed by atoms with E-state index in [4.69, 9.17) is 18.9 Å². The van der Waals surface area contributed by atoms with Crippen molar-refractivity contribution in [1.29, 1.82) is 0 Å². The number of carbonyl (C=O) groups is 2. The number of carbonyl (C=O) groups excluding carboxylic acids is 2. The monoisotopic (exact) mass is 718 g/mol. The normalized spacial score (nSPS) is 35.2. The van der Waals surface area contributed by atoms with E-state index in [9.17, 15) is 14.7 Å². The third kappa shape index (κ3) is 10.3. The predicted octanol–water partition coefficient (Wildman–Crippen LogP) is 3.71. The van der Waals surface area contributed by atoms with Gasteiger partial charge in [0.1, 0.15) is 18.1 Å². The number of hydrogen-bond donors (Lipinski definition) is 1. The molecule has 12 nitrogen and oxygen atoms in total. The maximum Gasteiger partial charge on any atom is 0.319 e. The van der Waals surface area contributed by atoms with Crippen LogP contribution in [0.4, 0.5) is 5.69 Å². The Balaban J connectivity index is 1.51. The number of ether oxygens (including phenoxy) is 4. The molecule has 3 fully saturated rings. The number of aliphatic hydroxyl groups excluding tert-OH is 1. The fourth-order valence-electron chi connectivity index (χ4n) is 8.46. The largest absolute Gasteiger partial charge is 0.463 e. The Morgan fingerprint density at radius 3 is 2.33 bits per heavy atom. The van der Waals surface area contributed by atoms with Gasteiger partial charge in [-0.15, -0.1) is 0 Å². The molecular weight excluding hydrogens is 650 g/mol. The highest BCUT2D eigenvalue weighted by Gasteiger charge is 2.51. The Hall–Kier alpha value is -2.19. The third-order valence-electron chi connectivity index (χ3n) is 11.7. The van der Waals surface area contributed by atoms with E-state index in [1.165, 1.54) is 5.69 Å². The zero-order valence-electron chi connectivity index (χ0n) is 33.0. The van der Waals surface area contributed by atoms with Gasteiger partial charge >= 0.3 is 5.97 Å². The van der Waals surface area contributed by atoms with Gasteiger partial charge in [0.2, 0.25) is 0 Å². The highest BCUT2D eigenvalue weighted by Crippen LogP contribution is 2.38. The van der Waals surface area contributed by atoms with Gasteiger partial charge < -0.3 is 33.9 Å². The number of nitrogens with zero attached hydrogens (tertiary/aromatic N) is 5. The topological polar surface area (TPSA) is 117 Å². The summed E-state index contributed by atoms with van der Waals surface area (Å²) in [4.78, 5) is 41.6. The molecule has 3 saturated heterocycles. The van der Waals surface area contributed by atoms with Gasteiger partial charge in [0.25, 0.3) is 0 Å². The second-order valence-electron chi connectivity index (χ2n) is 16.2. The second kappa shape index (κ2) is 18.2. The number of aliphatic hydroxyl groups is 1. The molecule has 0 saturated carbocycles. The second-order valence-corrected chi connectivity index (χ2v) is 16.2. The maximum atomic E-state index is 14.3. The predicted molar refractivity (Wildman–Crippen MR) is 199 cm³/mol. The summed E-state index contributed by atoms with van der Waals surface area (Å²) in [6.07, 6.45) is 3.94. The third-order valence-corrected chi connectivity index (χ3v) is 11.7. The van der Waals surface area contributed by atoms with E-state index in [0.717, 1.165) is 58.7 Å². The van der Waals surface area contributed by atoms with Gasteiger partial charge in [-0.1, -0.05) is 20.8 Å². The van der Waals surface area contributed by atoms with E-state index < -0.39 is 41.4 Å². The number of piperazine rings is 1. The van der Waals surface area contributed by atoms with E-state index in [0.29, 0.717) is 12.8 Å². The number of ketones is 1. The number of hydrogen-bond acceptors (Lipinski definition) is 12. The molecule has 4 rings (SSSR count). The highest BCUT2D eigenvalue weighted by atomic mass is 16.7. The molecular formula is C39H67N5O7. The number of rotatable bonds is 10. The van der Waals surface area contributed by atoms with E-state index in [-0.39, 0.29) is 36.5 Å². The van der Waals surface area contributed by atoms with Crippen LogP contribution in [0.2, 0.25) is 0 Å². The van der Waals surface area contributed by atoms with Crippen molar-refractivity contribution < 1.29 is 33.6 Å². The van der Waals surface area contributed by atoms with Crippen molar-refractivity contribution in [3.05, 3.63) is 24.5 Å². The van der Waals surface area contributed by atoms with Gasteiger partial charge in [-0.2, -0.15) is 0 Å². The van der Waals surface area contributed by atoms with Gasteiger partial charge in [-0.25, -0.2) is 0 Å². The Bertz CT molecular complexity index is 1250. The lowest BCUT2D eigenvalue weighted by Gasteiger charge is -2.47. The van der Waals surface area contributed by atoms with Crippen molar-refractivity contribution in [3.63, 3.8) is 0 Å². The standard InChI is InChI=1S/C39H67N5O7/c1-11-43-25-27(2)24-39(7,48-10)35(51-36-33(45)32(41(8)9)23-28(3)50-36)29(4)34(46)38(5,6)37(47)49-26-31(43)13-12-18-42-19-21-44(22-20-42)30-14-16-40-17-15-30/h14-17,27-29,31-33,35-36,45H,11-13,18-26H2,1-10H3/t27-,28-,29+,31+,32+,33-,35-,36+,39-/m1/s1. The first-order chi connectivity index (χ1) is 24.1. The van der Waals surface area contributed by atoms with Gasteiger partial charge in [0.05, 0.1) is 17.8 Å². The molecule has 0 radical (unpaired) electrons. The molecule has 3 aliphatic heterocycles. The van der Waals surface area contributed by atoms with Crippen molar-refractivity contribution in [2.45, 2.75) is 116 Å². The van der Waals surface area contributed by atoms with E-state index in [1.54, 1.807) is 27.9 Å². The summed E-state index contributed by atoms with van der Waals surface area (Å²) in [5.74, 6) is -1.42. The van der Waals surface area contributed by atoms with Crippen LogP contribution in [0.25, 0.3) is 0 Å². The lowest BCUT2D eigenvalue weighted by molar-refractivity contribution is -0.295. The molecule has 9 atom stereocenters. The number of cyclic esters (lactones) is 1. The first kappa shape index (κ1) is 41.6. The van der Waals surface area contributed by atoms with Crippen molar-refractivity contribution in [1.82, 2.24) is 19.7 Å². The van der Waals surface area contributed by atoms with Crippen molar-refractivity contribution in [2.24, 2.45) is 17.3 Å². The number of anilines is 1. The lowest BCUT2D eigenvalue weighted by Crippen LogP contribution is -2.59. The van der Waals surface area contributed by atoms with Crippen molar-refractivity contribution >= 4 is 17.4 Å². The Morgan fingerprint density at radius 2 is 1.73 bits per heavy atom. The van der Waals surface area contributed by atoms with Gasteiger partial charge in [-0.05, 0) is 98.6 Å². The van der Waals surface area contributed by atoms with Crippen LogP contribution in [0, 0.1) is 17.3 Å². The van der Waals surface area contributed by atoms with Crippen LogP contribution in [0.5, 0.6) is 0 Å². The van der Waals surface area contributed by atoms with Crippen LogP contribution in [0.15, 0.2) is 24.5 Å². The van der Waals surface area contributed by atoms with Crippen LogP contribution >= 0.6 is 0 Å². The van der Waals surface area contributed by atoms with Crippen LogP contribution in [0.3, 0.4) is 0 Å². The van der Waals surface area contributed by atoms with E-state index in [1.807, 2.05) is 45.2 Å². The molecule has 1 aromatic heterocycles. The summed E-state index contributed by atoms with van der Waals surface area (Å²) in [5, 5.41) is 11.4. The van der Waals surface area contributed by atoms with Gasteiger partial charge in [0, 0.05) is 75.9 Å². The number of aromatic nitrogens is 1. The summed E-state index contributed by atoms with van der Waals surface area (Å²) >= 11 is 0. The van der Waals surface area contributed by atoms with Gasteiger partial charge in [0.15, 0.2) is 12.1 Å². The average molecular weight is 718 g/mol. The fraction of sp³-hybridized carbons (Fsp3) is 0.821. The molecule has 3 aliphatic rings. The molecule has 0 spiro atoms. The van der Waals surface area contributed by atoms with Crippen LogP contribution in [-0.4, -0.2) is 152 Å². The molecule has 1 N–H and O–H groups in total. The number of pyridine rings is 1. The van der Waals surface area contributed by atoms with E-state index >= 15 is 0 Å². The SMILES string of the molecule is CCN1C[C@H](C)C[C@@](C)(OC)[C@H](O[C@@H]2O[C@H](C)C[C@H](N(C)C)[C@H]2O)[C@@H](C)C(=O)C(C)(C)C(=O)OC[C@@H]1CCCN1CCN(c2ccncc2)CC1. The molecule has 4 heterocycles. The van der Waals surface area contributed by atoms with Crippen LogP contribution in [-0.2, 0) is 28.5 Å². The minimum Gasteiger partial charge on any atom is -0.463 e. The summed E-state index contributed by atoms with van der Waals surface area (Å²) in [6.45, 7) is 20.1. The van der Waals surface area contributed by atoms with Crippen molar-refractivity contribution in [3.8, 4) is 0 Å². The lowest BCUT2D eigenvalue weighted by atomic mass is 9.74. The molecule has 0 aromatic carbocycles. The first-order valence-electron chi connectivity index (χ1n) is 19.1. The van der Waals surface area contributed by atoms with E-state index in [2.05, 4.69) is 45.7 Å². The average Bonchev–Trinajstić information content (AvgIpc) is 3.11. The van der Waals surface area contributed by atoms with Crippen molar-refractivity contribution in [2.75, 3.05) is 78.5 Å². The summed E-state index contributed by atoms with van der Waals surface area (Å²) in [7, 11) is 5.51. The zero-order valence-corrected chi connectivity index (χ0v) is 33.0. The van der Waals surface area contributed by atoms with Crippen LogP contribution in [0.1, 0.15) is 74.1 Å². The minimum atomic E-state index is -1.42. The number of esters is 1. The first-order valence-corrected chi connectivity index (χ1v) is 19.1. The zero-order chi connectivity index (χ0) is 37.5. The quantitative estimate of drug-likeness (QED) is 0.281. The van der Waals surface area contributed by atoms with Crippen LogP contribution < -0.4 is 4.90 Å². The minimum absolute atomic E-state index is 0.0136. The smallest absolute Gasteiger partial charge is 0.319 e. The molecule has 290 valence electrons. The summed E-state index contributed by atoms with van der Waals surface area (Å²) < 4.78 is 25.2. The summed E-state index contributed by atoms with van der Waals surface area (Å²) in [5.41, 5.74) is -1.13. The highest BCUT2D eigenvalue weighted by molar-refractivity contribution is 6.04. The Morgan fingerprint density at radius 1 is 1.06 bits per heavy atom. The summed E-state index contributed by atoms with van der Waals surface area (Å²) in [6, 6.07) is 3.97.